The molecular formula is C26H28ClN3O2. The number of fused-ring (bicyclic) bond motifs is 3. The molecule has 1 fully saturated rings. The smallest absolute Gasteiger partial charge is 0.255 e. The summed E-state index contributed by atoms with van der Waals surface area (Å²) in [6.45, 7) is 2.15. The lowest BCUT2D eigenvalue weighted by atomic mass is 9.89. The molecule has 1 aliphatic heterocycles. The molecule has 2 aliphatic rings. The molecule has 32 heavy (non-hydrogen) atoms. The number of nitrogens with zero attached hydrogens (tertiary/aromatic N) is 3. The number of aromatic nitrogens is 2. The largest absolute Gasteiger partial charge is 0.391 e. The van der Waals surface area contributed by atoms with Gasteiger partial charge in [-0.1, -0.05) is 49.9 Å². The van der Waals surface area contributed by atoms with Crippen LogP contribution in [-0.2, 0) is 6.42 Å². The van der Waals surface area contributed by atoms with Crippen molar-refractivity contribution in [1.29, 1.82) is 0 Å². The summed E-state index contributed by atoms with van der Waals surface area (Å²) < 4.78 is 0. The molecule has 3 atom stereocenters. The summed E-state index contributed by atoms with van der Waals surface area (Å²) in [4.78, 5) is 24.7. The van der Waals surface area contributed by atoms with Crippen LogP contribution in [0.15, 0.2) is 42.7 Å². The summed E-state index contributed by atoms with van der Waals surface area (Å²) >= 11 is 5.96. The number of hydrogen-bond donors (Lipinski definition) is 1. The lowest BCUT2D eigenvalue weighted by molar-refractivity contribution is 0.00591. The number of carbonyl (C=O) groups excluding carboxylic acids is 1. The highest BCUT2D eigenvalue weighted by atomic mass is 35.5. The van der Waals surface area contributed by atoms with Gasteiger partial charge in [0.2, 0.25) is 0 Å². The van der Waals surface area contributed by atoms with Crippen LogP contribution in [0.3, 0.4) is 0 Å². The fourth-order valence-electron chi connectivity index (χ4n) is 5.50. The van der Waals surface area contributed by atoms with Crippen LogP contribution in [-0.4, -0.2) is 38.0 Å². The van der Waals surface area contributed by atoms with Crippen molar-refractivity contribution in [2.24, 2.45) is 0 Å². The van der Waals surface area contributed by atoms with Gasteiger partial charge < -0.3 is 10.0 Å². The van der Waals surface area contributed by atoms with Crippen LogP contribution in [0.1, 0.15) is 78.5 Å². The SMILES string of the molecule is CCCC1c2c(cc(Cc3ccc(Cl)nc3)c3cccnc23)C(=O)N1C1CCCCC1O. The van der Waals surface area contributed by atoms with Crippen molar-refractivity contribution in [3.63, 3.8) is 0 Å². The Labute approximate surface area is 193 Å². The number of halogens is 1. The van der Waals surface area contributed by atoms with E-state index in [2.05, 4.69) is 18.0 Å². The van der Waals surface area contributed by atoms with Gasteiger partial charge in [-0.3, -0.25) is 9.78 Å². The number of benzene rings is 1. The van der Waals surface area contributed by atoms with Crippen molar-refractivity contribution in [2.45, 2.75) is 70.1 Å². The Kier molecular flexibility index (Phi) is 5.87. The Bertz CT molecular complexity index is 1150. The van der Waals surface area contributed by atoms with E-state index in [4.69, 9.17) is 16.6 Å². The molecule has 0 bridgehead atoms. The molecule has 5 nitrogen and oxygen atoms in total. The first-order valence-electron chi connectivity index (χ1n) is 11.6. The molecule has 1 aliphatic carbocycles. The van der Waals surface area contributed by atoms with Crippen molar-refractivity contribution in [3.8, 4) is 0 Å². The van der Waals surface area contributed by atoms with Gasteiger partial charge in [-0.2, -0.15) is 0 Å². The molecule has 0 radical (unpaired) electrons. The minimum atomic E-state index is -0.458. The van der Waals surface area contributed by atoms with E-state index < -0.39 is 6.10 Å². The van der Waals surface area contributed by atoms with Crippen LogP contribution in [0, 0.1) is 0 Å². The molecule has 1 N–H and O–H groups in total. The molecule has 3 aromatic rings. The van der Waals surface area contributed by atoms with E-state index in [9.17, 15) is 9.90 Å². The van der Waals surface area contributed by atoms with Gasteiger partial charge in [0.25, 0.3) is 5.91 Å². The van der Waals surface area contributed by atoms with Gasteiger partial charge in [0, 0.05) is 28.9 Å². The molecular weight excluding hydrogens is 422 g/mol. The van der Waals surface area contributed by atoms with E-state index in [1.807, 2.05) is 29.3 Å². The number of pyridine rings is 2. The summed E-state index contributed by atoms with van der Waals surface area (Å²) in [5.41, 5.74) is 4.77. The second-order valence-electron chi connectivity index (χ2n) is 9.00. The molecule has 0 saturated heterocycles. The van der Waals surface area contributed by atoms with E-state index >= 15 is 0 Å². The van der Waals surface area contributed by atoms with Gasteiger partial charge >= 0.3 is 0 Å². The van der Waals surface area contributed by atoms with E-state index in [1.54, 1.807) is 12.3 Å². The van der Waals surface area contributed by atoms with Gasteiger partial charge in [-0.05, 0) is 55.0 Å². The molecule has 1 saturated carbocycles. The molecule has 3 unspecified atom stereocenters. The Morgan fingerprint density at radius 1 is 1.19 bits per heavy atom. The van der Waals surface area contributed by atoms with E-state index in [0.717, 1.165) is 71.7 Å². The third kappa shape index (κ3) is 3.67. The number of aliphatic hydroxyl groups is 1. The second-order valence-corrected chi connectivity index (χ2v) is 9.39. The van der Waals surface area contributed by atoms with Gasteiger partial charge in [0.05, 0.1) is 23.7 Å². The number of aliphatic hydroxyl groups excluding tert-OH is 1. The summed E-state index contributed by atoms with van der Waals surface area (Å²) in [5.74, 6) is 0.0347. The van der Waals surface area contributed by atoms with Crippen LogP contribution in [0.4, 0.5) is 0 Å². The van der Waals surface area contributed by atoms with Crippen molar-refractivity contribution >= 4 is 28.4 Å². The van der Waals surface area contributed by atoms with Crippen LogP contribution in [0.5, 0.6) is 0 Å². The molecule has 5 rings (SSSR count). The average Bonchev–Trinajstić information content (AvgIpc) is 3.07. The number of carbonyl (C=O) groups is 1. The van der Waals surface area contributed by atoms with Crippen molar-refractivity contribution in [1.82, 2.24) is 14.9 Å². The first kappa shape index (κ1) is 21.4. The zero-order valence-electron chi connectivity index (χ0n) is 18.3. The summed E-state index contributed by atoms with van der Waals surface area (Å²) in [5, 5.41) is 12.3. The summed E-state index contributed by atoms with van der Waals surface area (Å²) in [7, 11) is 0. The van der Waals surface area contributed by atoms with Gasteiger partial charge in [0.15, 0.2) is 0 Å². The normalized spacial score (nSPS) is 23.0. The predicted octanol–water partition coefficient (Wildman–Crippen LogP) is 5.47. The monoisotopic (exact) mass is 449 g/mol. The number of rotatable bonds is 5. The summed E-state index contributed by atoms with van der Waals surface area (Å²) in [6, 6.07) is 9.69. The van der Waals surface area contributed by atoms with Crippen molar-refractivity contribution < 1.29 is 9.90 Å². The zero-order chi connectivity index (χ0) is 22.2. The lowest BCUT2D eigenvalue weighted by Gasteiger charge is -2.39. The number of amides is 1. The Balaban J connectivity index is 1.64. The molecule has 1 amide bonds. The van der Waals surface area contributed by atoms with E-state index in [-0.39, 0.29) is 18.0 Å². The quantitative estimate of drug-likeness (QED) is 0.524. The van der Waals surface area contributed by atoms with Crippen LogP contribution in [0.25, 0.3) is 10.9 Å². The van der Waals surface area contributed by atoms with E-state index in [1.165, 1.54) is 0 Å². The standard InChI is InChI=1S/C26H28ClN3O2/c1-2-6-21-24-19(26(32)30(21)20-8-3-4-9-22(20)31)14-17(18-7-5-12-28-25(18)24)13-16-10-11-23(27)29-15-16/h5,7,10-12,14-15,20-22,31H,2-4,6,8-9,13H2,1H3. The minimum absolute atomic E-state index is 0.0347. The Morgan fingerprint density at radius 2 is 2.03 bits per heavy atom. The molecule has 6 heteroatoms. The fraction of sp³-hybridized carbons (Fsp3) is 0.423. The highest BCUT2D eigenvalue weighted by Gasteiger charge is 2.44. The lowest BCUT2D eigenvalue weighted by Crippen LogP contribution is -2.47. The molecule has 166 valence electrons. The average molecular weight is 450 g/mol. The maximum Gasteiger partial charge on any atom is 0.255 e. The molecule has 0 spiro atoms. The first-order chi connectivity index (χ1) is 15.6. The maximum absolute atomic E-state index is 13.8. The van der Waals surface area contributed by atoms with Crippen molar-refractivity contribution in [3.05, 3.63) is 70.1 Å². The van der Waals surface area contributed by atoms with Crippen LogP contribution in [0.2, 0.25) is 5.15 Å². The topological polar surface area (TPSA) is 66.3 Å². The van der Waals surface area contributed by atoms with Gasteiger partial charge in [-0.25, -0.2) is 4.98 Å². The van der Waals surface area contributed by atoms with Crippen LogP contribution >= 0.6 is 11.6 Å². The third-order valence-electron chi connectivity index (χ3n) is 6.95. The van der Waals surface area contributed by atoms with Gasteiger partial charge in [-0.15, -0.1) is 0 Å². The van der Waals surface area contributed by atoms with E-state index in [0.29, 0.717) is 11.6 Å². The second kappa shape index (κ2) is 8.80. The molecule has 2 aromatic heterocycles. The predicted molar refractivity (Wildman–Crippen MR) is 126 cm³/mol. The zero-order valence-corrected chi connectivity index (χ0v) is 19.1. The van der Waals surface area contributed by atoms with Gasteiger partial charge in [0.1, 0.15) is 5.15 Å². The Morgan fingerprint density at radius 3 is 2.78 bits per heavy atom. The van der Waals surface area contributed by atoms with Crippen LogP contribution < -0.4 is 0 Å². The summed E-state index contributed by atoms with van der Waals surface area (Å²) in [6.07, 6.45) is 9.30. The molecule has 3 heterocycles. The highest BCUT2D eigenvalue weighted by Crippen LogP contribution is 2.45. The minimum Gasteiger partial charge on any atom is -0.391 e. The fourth-order valence-corrected chi connectivity index (χ4v) is 5.61. The number of hydrogen-bond acceptors (Lipinski definition) is 4. The molecule has 1 aromatic carbocycles. The Hall–Kier alpha value is -2.50. The third-order valence-corrected chi connectivity index (χ3v) is 7.17. The van der Waals surface area contributed by atoms with Crippen molar-refractivity contribution in [2.75, 3.05) is 0 Å². The first-order valence-corrected chi connectivity index (χ1v) is 12.0. The highest BCUT2D eigenvalue weighted by molar-refractivity contribution is 6.29. The maximum atomic E-state index is 13.8.